The van der Waals surface area contributed by atoms with E-state index in [9.17, 15) is 15.3 Å². The molecule has 0 heterocycles. The molecule has 0 amide bonds. The fraction of sp³-hybridized carbons (Fsp3) is 0.900. The van der Waals surface area contributed by atoms with Gasteiger partial charge in [0.25, 0.3) is 0 Å². The van der Waals surface area contributed by atoms with Gasteiger partial charge in [-0.1, -0.05) is 26.0 Å². The van der Waals surface area contributed by atoms with Crippen LogP contribution in [0.1, 0.15) is 58.8 Å². The van der Waals surface area contributed by atoms with Crippen molar-refractivity contribution < 1.29 is 15.3 Å². The Morgan fingerprint density at radius 3 is 2.43 bits per heavy atom. The molecule has 3 rings (SSSR count). The Labute approximate surface area is 140 Å². The van der Waals surface area contributed by atoms with Crippen molar-refractivity contribution in [2.75, 3.05) is 13.2 Å². The Kier molecular flexibility index (Phi) is 4.67. The predicted octanol–water partition coefficient (Wildman–Crippen LogP) is 3.14. The van der Waals surface area contributed by atoms with Crippen molar-refractivity contribution in [3.63, 3.8) is 0 Å². The molecule has 0 unspecified atom stereocenters. The second-order valence-electron chi connectivity index (χ2n) is 8.97. The van der Waals surface area contributed by atoms with E-state index in [2.05, 4.69) is 20.4 Å². The third kappa shape index (κ3) is 2.60. The van der Waals surface area contributed by atoms with Gasteiger partial charge in [-0.15, -0.1) is 0 Å². The van der Waals surface area contributed by atoms with Crippen LogP contribution in [0.5, 0.6) is 0 Å². The Bertz CT molecular complexity index is 462. The number of aliphatic hydroxyl groups is 3. The van der Waals surface area contributed by atoms with E-state index in [1.807, 2.05) is 0 Å². The third-order valence-electron chi connectivity index (χ3n) is 8.18. The Balaban J connectivity index is 1.89. The predicted molar refractivity (Wildman–Crippen MR) is 91.8 cm³/mol. The smallest absolute Gasteiger partial charge is 0.0544 e. The molecule has 3 nitrogen and oxygen atoms in total. The van der Waals surface area contributed by atoms with Gasteiger partial charge in [-0.25, -0.2) is 0 Å². The second-order valence-corrected chi connectivity index (χ2v) is 8.97. The Hall–Kier alpha value is -0.380. The highest BCUT2D eigenvalue weighted by Gasteiger charge is 2.56. The van der Waals surface area contributed by atoms with Crippen LogP contribution in [0.15, 0.2) is 12.2 Å². The molecule has 0 aromatic rings. The SMILES string of the molecule is C=C1CC[C@H]2[C@H](CO)[C@@H]([C@@]3(C)CC[C@H](O)C[C@@H]3CO)CC[C@]12C. The number of hydrogen-bond acceptors (Lipinski definition) is 3. The largest absolute Gasteiger partial charge is 0.396 e. The van der Waals surface area contributed by atoms with Crippen molar-refractivity contribution in [3.05, 3.63) is 12.2 Å². The average molecular weight is 322 g/mol. The van der Waals surface area contributed by atoms with Gasteiger partial charge >= 0.3 is 0 Å². The van der Waals surface area contributed by atoms with Crippen LogP contribution in [0.3, 0.4) is 0 Å². The summed E-state index contributed by atoms with van der Waals surface area (Å²) in [6.45, 7) is 9.37. The normalized spacial score (nSPS) is 50.8. The summed E-state index contributed by atoms with van der Waals surface area (Å²) < 4.78 is 0. The molecule has 23 heavy (non-hydrogen) atoms. The van der Waals surface area contributed by atoms with Gasteiger partial charge in [0.05, 0.1) is 6.10 Å². The van der Waals surface area contributed by atoms with Crippen molar-refractivity contribution >= 4 is 0 Å². The van der Waals surface area contributed by atoms with Crippen LogP contribution in [0.2, 0.25) is 0 Å². The lowest BCUT2D eigenvalue weighted by atomic mass is 9.49. The van der Waals surface area contributed by atoms with E-state index in [1.54, 1.807) is 0 Å². The number of aliphatic hydroxyl groups excluding tert-OH is 3. The quantitative estimate of drug-likeness (QED) is 0.700. The summed E-state index contributed by atoms with van der Waals surface area (Å²) >= 11 is 0. The summed E-state index contributed by atoms with van der Waals surface area (Å²) in [6.07, 6.45) is 6.75. The highest BCUT2D eigenvalue weighted by atomic mass is 16.3. The first-order valence-corrected chi connectivity index (χ1v) is 9.45. The van der Waals surface area contributed by atoms with E-state index in [0.717, 1.165) is 38.5 Å². The van der Waals surface area contributed by atoms with Gasteiger partial charge in [0, 0.05) is 13.2 Å². The van der Waals surface area contributed by atoms with E-state index in [1.165, 1.54) is 5.57 Å². The van der Waals surface area contributed by atoms with Crippen LogP contribution in [0.4, 0.5) is 0 Å². The molecule has 0 bridgehead atoms. The lowest BCUT2D eigenvalue weighted by molar-refractivity contribution is -0.104. The lowest BCUT2D eigenvalue weighted by Gasteiger charge is -2.56. The molecule has 3 saturated carbocycles. The van der Waals surface area contributed by atoms with Crippen molar-refractivity contribution in [1.82, 2.24) is 0 Å². The molecule has 0 saturated heterocycles. The van der Waals surface area contributed by atoms with Crippen LogP contribution in [0, 0.1) is 34.5 Å². The average Bonchev–Trinajstić information content (AvgIpc) is 2.84. The molecular weight excluding hydrogens is 288 g/mol. The molecule has 7 atom stereocenters. The zero-order valence-corrected chi connectivity index (χ0v) is 14.8. The topological polar surface area (TPSA) is 60.7 Å². The molecule has 3 fully saturated rings. The molecule has 0 aromatic heterocycles. The molecule has 0 radical (unpaired) electrons. The van der Waals surface area contributed by atoms with Gasteiger partial charge in [-0.3, -0.25) is 0 Å². The maximum absolute atomic E-state index is 10.2. The van der Waals surface area contributed by atoms with Crippen LogP contribution < -0.4 is 0 Å². The van der Waals surface area contributed by atoms with E-state index >= 15 is 0 Å². The van der Waals surface area contributed by atoms with Gasteiger partial charge < -0.3 is 15.3 Å². The van der Waals surface area contributed by atoms with Crippen molar-refractivity contribution in [3.8, 4) is 0 Å². The van der Waals surface area contributed by atoms with Gasteiger partial charge in [0.2, 0.25) is 0 Å². The van der Waals surface area contributed by atoms with Gasteiger partial charge in [0.15, 0.2) is 0 Å². The zero-order valence-electron chi connectivity index (χ0n) is 14.8. The minimum absolute atomic E-state index is 0.0344. The number of rotatable bonds is 3. The first-order valence-electron chi connectivity index (χ1n) is 9.45. The number of hydrogen-bond donors (Lipinski definition) is 3. The first kappa shape index (κ1) is 17.4. The highest BCUT2D eigenvalue weighted by molar-refractivity contribution is 5.20. The van der Waals surface area contributed by atoms with Gasteiger partial charge in [-0.2, -0.15) is 0 Å². The van der Waals surface area contributed by atoms with Crippen LogP contribution in [-0.2, 0) is 0 Å². The van der Waals surface area contributed by atoms with Crippen LogP contribution >= 0.6 is 0 Å². The molecule has 0 aliphatic heterocycles. The number of allylic oxidation sites excluding steroid dienone is 1. The fourth-order valence-electron chi connectivity index (χ4n) is 6.44. The molecule has 0 aromatic carbocycles. The van der Waals surface area contributed by atoms with Gasteiger partial charge in [0.1, 0.15) is 0 Å². The highest BCUT2D eigenvalue weighted by Crippen LogP contribution is 2.63. The fourth-order valence-corrected chi connectivity index (χ4v) is 6.44. The minimum atomic E-state index is -0.270. The van der Waals surface area contributed by atoms with Crippen LogP contribution in [0.25, 0.3) is 0 Å². The Morgan fingerprint density at radius 2 is 1.78 bits per heavy atom. The monoisotopic (exact) mass is 322 g/mol. The maximum Gasteiger partial charge on any atom is 0.0544 e. The van der Waals surface area contributed by atoms with Crippen LogP contribution in [-0.4, -0.2) is 34.6 Å². The molecule has 3 aliphatic carbocycles. The molecule has 132 valence electrons. The van der Waals surface area contributed by atoms with E-state index in [-0.39, 0.29) is 36.1 Å². The van der Waals surface area contributed by atoms with Crippen molar-refractivity contribution in [2.45, 2.75) is 64.9 Å². The summed E-state index contributed by atoms with van der Waals surface area (Å²) in [6, 6.07) is 0. The first-order chi connectivity index (χ1) is 10.9. The van der Waals surface area contributed by atoms with E-state index in [4.69, 9.17) is 0 Å². The zero-order chi connectivity index (χ0) is 16.8. The minimum Gasteiger partial charge on any atom is -0.396 e. The summed E-state index contributed by atoms with van der Waals surface area (Å²) in [5, 5.41) is 30.2. The molecule has 0 spiro atoms. The maximum atomic E-state index is 10.2. The van der Waals surface area contributed by atoms with E-state index < -0.39 is 0 Å². The van der Waals surface area contributed by atoms with Crippen molar-refractivity contribution in [1.29, 1.82) is 0 Å². The number of fused-ring (bicyclic) bond motifs is 1. The molecule has 3 heteroatoms. The third-order valence-corrected chi connectivity index (χ3v) is 8.18. The van der Waals surface area contributed by atoms with Gasteiger partial charge in [-0.05, 0) is 79.4 Å². The van der Waals surface area contributed by atoms with E-state index in [0.29, 0.717) is 24.2 Å². The van der Waals surface area contributed by atoms with Crippen molar-refractivity contribution in [2.24, 2.45) is 34.5 Å². The molecule has 3 N–H and O–H groups in total. The Morgan fingerprint density at radius 1 is 1.04 bits per heavy atom. The molecule has 3 aliphatic rings. The summed E-state index contributed by atoms with van der Waals surface area (Å²) in [7, 11) is 0. The second kappa shape index (κ2) is 6.16. The summed E-state index contributed by atoms with van der Waals surface area (Å²) in [5.74, 6) is 1.43. The lowest BCUT2D eigenvalue weighted by Crippen LogP contribution is -2.52. The summed E-state index contributed by atoms with van der Waals surface area (Å²) in [5.41, 5.74) is 1.61. The standard InChI is InChI=1S/C20H34O3/c1-13-4-5-17-16(12-22)18(7-9-19(13,17)2)20(3)8-6-15(23)10-14(20)11-21/h14-18,21-23H,1,4-12H2,2-3H3/t14-,15+,16+,17+,18+,19-,20+/m1/s1. The summed E-state index contributed by atoms with van der Waals surface area (Å²) in [4.78, 5) is 0. The molecular formula is C20H34O3.